The van der Waals surface area contributed by atoms with E-state index in [9.17, 15) is 9.59 Å². The maximum Gasteiger partial charge on any atom is 0.338 e. The molecule has 1 atom stereocenters. The fourth-order valence-corrected chi connectivity index (χ4v) is 2.63. The highest BCUT2D eigenvalue weighted by molar-refractivity contribution is 7.10. The van der Waals surface area contributed by atoms with E-state index < -0.39 is 12.0 Å². The third kappa shape index (κ3) is 2.38. The monoisotopic (exact) mass is 266 g/mol. The topological polar surface area (TPSA) is 67.4 Å². The SMILES string of the molecule is CCOC(=O)C1=C(C)NC(=O)N[C@H]1c1cccs1. The van der Waals surface area contributed by atoms with Crippen LogP contribution in [0.3, 0.4) is 0 Å². The van der Waals surface area contributed by atoms with Crippen LogP contribution in [0.5, 0.6) is 0 Å². The van der Waals surface area contributed by atoms with Gasteiger partial charge in [0.05, 0.1) is 18.2 Å². The number of rotatable bonds is 3. The minimum atomic E-state index is -0.433. The predicted molar refractivity (Wildman–Crippen MR) is 68.1 cm³/mol. The number of esters is 1. The van der Waals surface area contributed by atoms with Gasteiger partial charge in [0.1, 0.15) is 0 Å². The molecule has 0 bridgehead atoms. The van der Waals surface area contributed by atoms with E-state index in [4.69, 9.17) is 4.74 Å². The fraction of sp³-hybridized carbons (Fsp3) is 0.333. The lowest BCUT2D eigenvalue weighted by Gasteiger charge is -2.26. The number of nitrogens with one attached hydrogen (secondary N) is 2. The molecule has 18 heavy (non-hydrogen) atoms. The number of hydrogen-bond donors (Lipinski definition) is 2. The summed E-state index contributed by atoms with van der Waals surface area (Å²) in [5.74, 6) is -0.402. The lowest BCUT2D eigenvalue weighted by atomic mass is 10.0. The first kappa shape index (κ1) is 12.6. The molecule has 6 heteroatoms. The highest BCUT2D eigenvalue weighted by Gasteiger charge is 2.32. The molecule has 1 aromatic rings. The fourth-order valence-electron chi connectivity index (χ4n) is 1.84. The van der Waals surface area contributed by atoms with Crippen LogP contribution in [0.2, 0.25) is 0 Å². The van der Waals surface area contributed by atoms with Gasteiger partial charge in [-0.25, -0.2) is 9.59 Å². The summed E-state index contributed by atoms with van der Waals surface area (Å²) in [4.78, 5) is 24.4. The Hall–Kier alpha value is -1.82. The third-order valence-corrected chi connectivity index (χ3v) is 3.53. The van der Waals surface area contributed by atoms with E-state index in [0.717, 1.165) is 4.88 Å². The number of carbonyl (C=O) groups is 2. The summed E-state index contributed by atoms with van der Waals surface area (Å²) in [7, 11) is 0. The smallest absolute Gasteiger partial charge is 0.338 e. The quantitative estimate of drug-likeness (QED) is 0.822. The molecule has 0 saturated carbocycles. The van der Waals surface area contributed by atoms with Crippen molar-refractivity contribution < 1.29 is 14.3 Å². The van der Waals surface area contributed by atoms with Crippen molar-refractivity contribution in [1.29, 1.82) is 0 Å². The van der Waals surface area contributed by atoms with Gasteiger partial charge >= 0.3 is 12.0 Å². The van der Waals surface area contributed by atoms with Crippen molar-refractivity contribution in [2.24, 2.45) is 0 Å². The Morgan fingerprint density at radius 3 is 2.94 bits per heavy atom. The van der Waals surface area contributed by atoms with Crippen LogP contribution < -0.4 is 10.6 Å². The summed E-state index contributed by atoms with van der Waals surface area (Å²) in [6.45, 7) is 3.76. The summed E-state index contributed by atoms with van der Waals surface area (Å²) in [6, 6.07) is 3.02. The summed E-state index contributed by atoms with van der Waals surface area (Å²) >= 11 is 1.49. The van der Waals surface area contributed by atoms with Crippen LogP contribution in [0, 0.1) is 0 Å². The summed E-state index contributed by atoms with van der Waals surface area (Å²) in [5.41, 5.74) is 0.995. The van der Waals surface area contributed by atoms with Crippen LogP contribution in [0.25, 0.3) is 0 Å². The molecule has 96 valence electrons. The first-order valence-corrected chi connectivity index (χ1v) is 6.50. The van der Waals surface area contributed by atoms with Crippen LogP contribution in [-0.4, -0.2) is 18.6 Å². The molecule has 0 fully saturated rings. The zero-order chi connectivity index (χ0) is 13.1. The molecule has 0 saturated heterocycles. The number of carbonyl (C=O) groups excluding carboxylic acids is 2. The van der Waals surface area contributed by atoms with Crippen molar-refractivity contribution in [3.8, 4) is 0 Å². The number of ether oxygens (including phenoxy) is 1. The first-order chi connectivity index (χ1) is 8.63. The minimum Gasteiger partial charge on any atom is -0.463 e. The Kier molecular flexibility index (Phi) is 3.66. The van der Waals surface area contributed by atoms with Gasteiger partial charge in [-0.05, 0) is 25.3 Å². The molecule has 1 aliphatic rings. The lowest BCUT2D eigenvalue weighted by molar-refractivity contribution is -0.139. The largest absolute Gasteiger partial charge is 0.463 e. The van der Waals surface area contributed by atoms with Crippen molar-refractivity contribution in [3.05, 3.63) is 33.7 Å². The lowest BCUT2D eigenvalue weighted by Crippen LogP contribution is -2.45. The van der Waals surface area contributed by atoms with Gasteiger partial charge < -0.3 is 15.4 Å². The van der Waals surface area contributed by atoms with Gasteiger partial charge in [-0.2, -0.15) is 0 Å². The zero-order valence-electron chi connectivity index (χ0n) is 10.1. The number of thiophene rings is 1. The molecule has 0 aliphatic carbocycles. The Morgan fingerprint density at radius 2 is 2.33 bits per heavy atom. The molecule has 1 aliphatic heterocycles. The van der Waals surface area contributed by atoms with E-state index in [-0.39, 0.29) is 6.03 Å². The predicted octanol–water partition coefficient (Wildman–Crippen LogP) is 1.94. The molecule has 0 radical (unpaired) electrons. The van der Waals surface area contributed by atoms with Crippen LogP contribution in [0.4, 0.5) is 4.79 Å². The highest BCUT2D eigenvalue weighted by atomic mass is 32.1. The Balaban J connectivity index is 2.38. The van der Waals surface area contributed by atoms with Crippen molar-refractivity contribution in [1.82, 2.24) is 10.6 Å². The zero-order valence-corrected chi connectivity index (χ0v) is 11.0. The van der Waals surface area contributed by atoms with Crippen molar-refractivity contribution in [2.75, 3.05) is 6.61 Å². The first-order valence-electron chi connectivity index (χ1n) is 5.62. The maximum atomic E-state index is 12.0. The van der Waals surface area contributed by atoms with Gasteiger partial charge in [0.25, 0.3) is 0 Å². The second kappa shape index (κ2) is 5.22. The number of allylic oxidation sites excluding steroid dienone is 1. The summed E-state index contributed by atoms with van der Waals surface area (Å²) in [6.07, 6.45) is 0. The van der Waals surface area contributed by atoms with Gasteiger partial charge in [0.15, 0.2) is 0 Å². The standard InChI is InChI=1S/C12H14N2O3S/c1-3-17-11(15)9-7(2)13-12(16)14-10(9)8-5-4-6-18-8/h4-6,10H,3H2,1-2H3,(H2,13,14,16)/t10-/m0/s1. The molecule has 0 unspecified atom stereocenters. The molecule has 2 rings (SSSR count). The number of amides is 2. The van der Waals surface area contributed by atoms with E-state index in [1.807, 2.05) is 17.5 Å². The number of hydrogen-bond acceptors (Lipinski definition) is 4. The molecule has 2 amide bonds. The number of urea groups is 1. The molecule has 1 aromatic heterocycles. The Labute approximate surface area is 109 Å². The second-order valence-corrected chi connectivity index (χ2v) is 4.79. The van der Waals surface area contributed by atoms with E-state index in [0.29, 0.717) is 17.9 Å². The van der Waals surface area contributed by atoms with Gasteiger partial charge in [0.2, 0.25) is 0 Å². The molecular weight excluding hydrogens is 252 g/mol. The molecule has 0 spiro atoms. The summed E-state index contributed by atoms with van der Waals surface area (Å²) in [5, 5.41) is 7.24. The van der Waals surface area contributed by atoms with Crippen LogP contribution in [0.1, 0.15) is 24.8 Å². The van der Waals surface area contributed by atoms with E-state index in [1.165, 1.54) is 11.3 Å². The van der Waals surface area contributed by atoms with Crippen LogP contribution in [0.15, 0.2) is 28.8 Å². The van der Waals surface area contributed by atoms with Crippen molar-refractivity contribution >= 4 is 23.3 Å². The van der Waals surface area contributed by atoms with E-state index >= 15 is 0 Å². The third-order valence-electron chi connectivity index (χ3n) is 2.59. The van der Waals surface area contributed by atoms with Gasteiger partial charge in [0, 0.05) is 10.6 Å². The molecule has 2 N–H and O–H groups in total. The van der Waals surface area contributed by atoms with E-state index in [2.05, 4.69) is 10.6 Å². The molecule has 0 aromatic carbocycles. The average molecular weight is 266 g/mol. The summed E-state index contributed by atoms with van der Waals surface area (Å²) < 4.78 is 5.03. The van der Waals surface area contributed by atoms with Crippen molar-refractivity contribution in [2.45, 2.75) is 19.9 Å². The average Bonchev–Trinajstić information content (AvgIpc) is 2.81. The maximum absolute atomic E-state index is 12.0. The van der Waals surface area contributed by atoms with Gasteiger partial charge in [-0.15, -0.1) is 11.3 Å². The van der Waals surface area contributed by atoms with Gasteiger partial charge in [-0.1, -0.05) is 6.07 Å². The van der Waals surface area contributed by atoms with Crippen molar-refractivity contribution in [3.63, 3.8) is 0 Å². The van der Waals surface area contributed by atoms with Crippen LogP contribution in [-0.2, 0) is 9.53 Å². The molecule has 5 nitrogen and oxygen atoms in total. The Bertz CT molecular complexity index is 493. The molecular formula is C12H14N2O3S. The van der Waals surface area contributed by atoms with E-state index in [1.54, 1.807) is 13.8 Å². The van der Waals surface area contributed by atoms with Crippen LogP contribution >= 0.6 is 11.3 Å². The molecule has 2 heterocycles. The highest BCUT2D eigenvalue weighted by Crippen LogP contribution is 2.30. The van der Waals surface area contributed by atoms with Gasteiger partial charge in [-0.3, -0.25) is 0 Å². The normalized spacial score (nSPS) is 19.2. The minimum absolute atomic E-state index is 0.306. The second-order valence-electron chi connectivity index (χ2n) is 3.81. The Morgan fingerprint density at radius 1 is 1.56 bits per heavy atom.